The van der Waals surface area contributed by atoms with E-state index in [9.17, 15) is 19.1 Å². The molecule has 2 aliphatic rings. The quantitative estimate of drug-likeness (QED) is 0.795. The number of carboxylic acid groups (broad SMARTS) is 1. The monoisotopic (exact) mass is 371 g/mol. The number of nitrogens with two attached hydrogens (primary N) is 1. The highest BCUT2D eigenvalue weighted by Gasteiger charge is 2.45. The van der Waals surface area contributed by atoms with Gasteiger partial charge < -0.3 is 15.7 Å². The van der Waals surface area contributed by atoms with Crippen LogP contribution in [-0.4, -0.2) is 63.8 Å². The predicted molar refractivity (Wildman–Crippen MR) is 98.6 cm³/mol. The number of amides is 2. The molecule has 26 heavy (non-hydrogen) atoms. The van der Waals surface area contributed by atoms with E-state index in [1.54, 1.807) is 20.8 Å². The Morgan fingerprint density at radius 1 is 1.19 bits per heavy atom. The number of halogens is 1. The van der Waals surface area contributed by atoms with Gasteiger partial charge in [0.2, 0.25) is 5.91 Å². The number of carbonyl (C=O) groups excluding carboxylic acids is 1. The molecule has 2 fully saturated rings. The number of nitrogens with zero attached hydrogens (tertiary/aromatic N) is 2. The molecular weight excluding hydrogens is 337 g/mol. The summed E-state index contributed by atoms with van der Waals surface area (Å²) in [4.78, 5) is 28.1. The summed E-state index contributed by atoms with van der Waals surface area (Å²) in [6, 6.07) is -0.603. The van der Waals surface area contributed by atoms with E-state index in [4.69, 9.17) is 5.73 Å². The second-order valence-corrected chi connectivity index (χ2v) is 8.97. The van der Waals surface area contributed by atoms with E-state index in [2.05, 4.69) is 0 Å². The second-order valence-electron chi connectivity index (χ2n) is 8.97. The maximum Gasteiger partial charge on any atom is 0.408 e. The van der Waals surface area contributed by atoms with Crippen LogP contribution in [0.3, 0.4) is 0 Å². The van der Waals surface area contributed by atoms with Crippen LogP contribution in [0.15, 0.2) is 0 Å². The van der Waals surface area contributed by atoms with Crippen molar-refractivity contribution in [3.8, 4) is 0 Å². The summed E-state index contributed by atoms with van der Waals surface area (Å²) < 4.78 is 13.7. The zero-order valence-corrected chi connectivity index (χ0v) is 16.4. The normalized spacial score (nSPS) is 29.3. The molecule has 1 saturated carbocycles. The lowest BCUT2D eigenvalue weighted by Gasteiger charge is -2.45. The van der Waals surface area contributed by atoms with Crippen molar-refractivity contribution in [3.63, 3.8) is 0 Å². The summed E-state index contributed by atoms with van der Waals surface area (Å²) in [5.41, 5.74) is 5.28. The van der Waals surface area contributed by atoms with Crippen LogP contribution in [0.1, 0.15) is 59.8 Å². The van der Waals surface area contributed by atoms with E-state index < -0.39 is 23.8 Å². The second kappa shape index (κ2) is 8.11. The molecule has 3 atom stereocenters. The lowest BCUT2D eigenvalue weighted by molar-refractivity contribution is -0.140. The predicted octanol–water partition coefficient (Wildman–Crippen LogP) is 2.86. The van der Waals surface area contributed by atoms with Gasteiger partial charge in [0.05, 0.1) is 6.54 Å². The highest BCUT2D eigenvalue weighted by atomic mass is 19.1. The number of alkyl halides is 1. The zero-order valence-electron chi connectivity index (χ0n) is 16.4. The fourth-order valence-corrected chi connectivity index (χ4v) is 4.43. The van der Waals surface area contributed by atoms with E-state index >= 15 is 0 Å². The molecule has 0 radical (unpaired) electrons. The van der Waals surface area contributed by atoms with Crippen LogP contribution in [0.2, 0.25) is 0 Å². The smallest absolute Gasteiger partial charge is 0.408 e. The molecule has 0 aromatic rings. The summed E-state index contributed by atoms with van der Waals surface area (Å²) in [6.45, 7) is 7.78. The molecule has 6 nitrogen and oxygen atoms in total. The molecule has 7 heteroatoms. The Hall–Kier alpha value is -1.37. The molecule has 1 heterocycles. The molecule has 0 unspecified atom stereocenters. The Balaban J connectivity index is 2.30. The van der Waals surface area contributed by atoms with Crippen molar-refractivity contribution in [2.24, 2.45) is 17.6 Å². The van der Waals surface area contributed by atoms with E-state index in [0.717, 1.165) is 25.7 Å². The van der Waals surface area contributed by atoms with Gasteiger partial charge in [-0.05, 0) is 64.7 Å². The first-order valence-corrected chi connectivity index (χ1v) is 9.73. The largest absolute Gasteiger partial charge is 0.465 e. The van der Waals surface area contributed by atoms with E-state index in [-0.39, 0.29) is 30.3 Å². The van der Waals surface area contributed by atoms with Gasteiger partial charge in [-0.3, -0.25) is 9.69 Å². The Kier molecular flexibility index (Phi) is 6.53. The number of rotatable bonds is 4. The first-order valence-electron chi connectivity index (χ1n) is 9.73. The minimum atomic E-state index is -1.11. The van der Waals surface area contributed by atoms with Gasteiger partial charge in [0.25, 0.3) is 0 Å². The van der Waals surface area contributed by atoms with Crippen LogP contribution in [-0.2, 0) is 4.79 Å². The Labute approximate surface area is 155 Å². The molecule has 3 N–H and O–H groups in total. The van der Waals surface area contributed by atoms with Gasteiger partial charge in [-0.15, -0.1) is 0 Å². The third-order valence-corrected chi connectivity index (χ3v) is 5.96. The van der Waals surface area contributed by atoms with Crippen molar-refractivity contribution in [3.05, 3.63) is 0 Å². The summed E-state index contributed by atoms with van der Waals surface area (Å²) in [5.74, 6) is -0.148. The standard InChI is InChI=1S/C19H34FN3O3/c1-12(13-5-7-15(21)8-6-13)16(23(18(25)26)19(2,3)4)17(24)22-10-9-14(20)11-22/h12-16H,5-11,21H2,1-4H3,(H,25,26)/t12-,13?,14+,15?,16+/m1/s1. The number of hydrogen-bond donors (Lipinski definition) is 2. The highest BCUT2D eigenvalue weighted by molar-refractivity contribution is 5.86. The summed E-state index contributed by atoms with van der Waals surface area (Å²) >= 11 is 0. The van der Waals surface area contributed by atoms with Crippen LogP contribution in [0, 0.1) is 11.8 Å². The van der Waals surface area contributed by atoms with Gasteiger partial charge in [-0.1, -0.05) is 6.92 Å². The number of carbonyl (C=O) groups is 2. The van der Waals surface area contributed by atoms with E-state index in [1.807, 2.05) is 6.92 Å². The van der Waals surface area contributed by atoms with Crippen molar-refractivity contribution in [1.29, 1.82) is 0 Å². The van der Waals surface area contributed by atoms with Crippen molar-refractivity contribution in [1.82, 2.24) is 9.80 Å². The Bertz CT molecular complexity index is 515. The molecule has 0 aromatic carbocycles. The SMILES string of the molecule is C[C@H](C1CCC(N)CC1)[C@@H](C(=O)N1CC[C@H](F)C1)N(C(=O)O)C(C)(C)C. The Morgan fingerprint density at radius 3 is 2.19 bits per heavy atom. The van der Waals surface area contributed by atoms with Gasteiger partial charge in [-0.2, -0.15) is 0 Å². The third-order valence-electron chi connectivity index (χ3n) is 5.96. The van der Waals surface area contributed by atoms with Crippen LogP contribution in [0.25, 0.3) is 0 Å². The van der Waals surface area contributed by atoms with Crippen LogP contribution in [0.5, 0.6) is 0 Å². The van der Waals surface area contributed by atoms with Crippen molar-refractivity contribution >= 4 is 12.0 Å². The molecule has 1 aliphatic carbocycles. The molecule has 2 rings (SSSR count). The van der Waals surface area contributed by atoms with Crippen LogP contribution >= 0.6 is 0 Å². The molecule has 2 amide bonds. The van der Waals surface area contributed by atoms with Crippen molar-refractivity contribution < 1.29 is 19.1 Å². The Morgan fingerprint density at radius 2 is 1.77 bits per heavy atom. The van der Waals surface area contributed by atoms with E-state index in [0.29, 0.717) is 13.0 Å². The molecule has 0 spiro atoms. The summed E-state index contributed by atoms with van der Waals surface area (Å²) in [5, 5.41) is 9.87. The topological polar surface area (TPSA) is 86.9 Å². The molecular formula is C19H34FN3O3. The fraction of sp³-hybridized carbons (Fsp3) is 0.895. The number of hydrogen-bond acceptors (Lipinski definition) is 3. The van der Waals surface area contributed by atoms with Gasteiger partial charge >= 0.3 is 6.09 Å². The summed E-state index contributed by atoms with van der Waals surface area (Å²) in [6.07, 6.45) is 1.80. The first kappa shape index (κ1) is 20.9. The molecule has 0 bridgehead atoms. The first-order chi connectivity index (χ1) is 12.0. The number of likely N-dealkylation sites (tertiary alicyclic amines) is 1. The zero-order chi connectivity index (χ0) is 19.6. The minimum absolute atomic E-state index is 0.0647. The van der Waals surface area contributed by atoms with Crippen molar-refractivity contribution in [2.45, 2.75) is 83.6 Å². The molecule has 0 aromatic heterocycles. The van der Waals surface area contributed by atoms with Crippen LogP contribution < -0.4 is 5.73 Å². The van der Waals surface area contributed by atoms with Crippen LogP contribution in [0.4, 0.5) is 9.18 Å². The van der Waals surface area contributed by atoms with Gasteiger partial charge in [0.15, 0.2) is 0 Å². The van der Waals surface area contributed by atoms with Gasteiger partial charge in [0.1, 0.15) is 12.2 Å². The lowest BCUT2D eigenvalue weighted by atomic mass is 9.75. The van der Waals surface area contributed by atoms with Gasteiger partial charge in [-0.25, -0.2) is 9.18 Å². The lowest BCUT2D eigenvalue weighted by Crippen LogP contribution is -2.60. The molecule has 150 valence electrons. The molecule has 1 saturated heterocycles. The maximum absolute atomic E-state index is 13.7. The third kappa shape index (κ3) is 4.67. The minimum Gasteiger partial charge on any atom is -0.465 e. The summed E-state index contributed by atoms with van der Waals surface area (Å²) in [7, 11) is 0. The van der Waals surface area contributed by atoms with Gasteiger partial charge in [0, 0.05) is 18.1 Å². The average molecular weight is 371 g/mol. The van der Waals surface area contributed by atoms with E-state index in [1.165, 1.54) is 9.80 Å². The fourth-order valence-electron chi connectivity index (χ4n) is 4.43. The average Bonchev–Trinajstić information content (AvgIpc) is 2.97. The van der Waals surface area contributed by atoms with Crippen molar-refractivity contribution in [2.75, 3.05) is 13.1 Å². The molecule has 1 aliphatic heterocycles. The highest BCUT2D eigenvalue weighted by Crippen LogP contribution is 2.36. The maximum atomic E-state index is 13.7.